The van der Waals surface area contributed by atoms with E-state index in [0.29, 0.717) is 5.92 Å². The molecule has 1 saturated heterocycles. The number of hydrogen-bond acceptors (Lipinski definition) is 5. The molecule has 2 N–H and O–H groups in total. The Balaban J connectivity index is 1.40. The van der Waals surface area contributed by atoms with E-state index in [1.165, 1.54) is 5.56 Å². The summed E-state index contributed by atoms with van der Waals surface area (Å²) in [6.45, 7) is 3.12. The topological polar surface area (TPSA) is 52.0 Å². The van der Waals surface area contributed by atoms with Crippen LogP contribution >= 0.6 is 0 Å². The van der Waals surface area contributed by atoms with E-state index in [1.54, 1.807) is 0 Å². The van der Waals surface area contributed by atoms with Crippen LogP contribution in [0.5, 0.6) is 0 Å². The molecule has 0 saturated carbocycles. The Labute approximate surface area is 184 Å². The lowest BCUT2D eigenvalue weighted by Crippen LogP contribution is -2.36. The number of rotatable bonds is 8. The molecule has 0 spiro atoms. The maximum atomic E-state index is 4.72. The smallest absolute Gasteiger partial charge is 0.0839 e. The number of nitrogens with zero attached hydrogens (tertiary/aromatic N) is 3. The predicted octanol–water partition coefficient (Wildman–Crippen LogP) is 5.46. The minimum absolute atomic E-state index is 0.379. The van der Waals surface area contributed by atoms with Gasteiger partial charge in [0.15, 0.2) is 0 Å². The number of piperidine rings is 1. The second-order valence-corrected chi connectivity index (χ2v) is 7.79. The zero-order valence-electron chi connectivity index (χ0n) is 17.7. The van der Waals surface area contributed by atoms with Gasteiger partial charge < -0.3 is 0 Å². The summed E-state index contributed by atoms with van der Waals surface area (Å²) in [4.78, 5) is 2.52. The molecule has 3 aromatic rings. The molecule has 0 aliphatic carbocycles. The summed E-state index contributed by atoms with van der Waals surface area (Å²) < 4.78 is 0. The van der Waals surface area contributed by atoms with Gasteiger partial charge in [0.25, 0.3) is 0 Å². The Bertz CT molecular complexity index is 962. The van der Waals surface area contributed by atoms with Crippen LogP contribution < -0.4 is 10.9 Å². The molecule has 1 aliphatic heterocycles. The summed E-state index contributed by atoms with van der Waals surface area (Å²) in [5, 5.41) is 9.17. The molecule has 0 unspecified atom stereocenters. The van der Waals surface area contributed by atoms with Crippen LogP contribution in [0.1, 0.15) is 18.4 Å². The molecule has 1 aliphatic rings. The number of nitrogens with one attached hydrogen (secondary N) is 2. The van der Waals surface area contributed by atoms with Gasteiger partial charge in [-0.2, -0.15) is 10.2 Å². The van der Waals surface area contributed by atoms with Crippen molar-refractivity contribution in [3.63, 3.8) is 0 Å². The molecular weight excluding hydrogens is 382 g/mol. The van der Waals surface area contributed by atoms with Gasteiger partial charge in [-0.05, 0) is 55.8 Å². The van der Waals surface area contributed by atoms with E-state index in [2.05, 4.69) is 51.2 Å². The van der Waals surface area contributed by atoms with Gasteiger partial charge in [-0.25, -0.2) is 0 Å². The Morgan fingerprint density at radius 2 is 1.32 bits per heavy atom. The lowest BCUT2D eigenvalue weighted by molar-refractivity contribution is 0.202. The monoisotopic (exact) mass is 411 g/mol. The van der Waals surface area contributed by atoms with E-state index in [9.17, 15) is 0 Å². The van der Waals surface area contributed by atoms with E-state index in [-0.39, 0.29) is 0 Å². The fraction of sp³-hybridized carbons (Fsp3) is 0.231. The number of para-hydroxylation sites is 2. The molecule has 1 fully saturated rings. The molecule has 5 heteroatoms. The third-order valence-corrected chi connectivity index (χ3v) is 5.51. The van der Waals surface area contributed by atoms with Crippen molar-refractivity contribution >= 4 is 23.3 Å². The van der Waals surface area contributed by atoms with Crippen molar-refractivity contribution in [3.05, 3.63) is 96.6 Å². The summed E-state index contributed by atoms with van der Waals surface area (Å²) in [7, 11) is 0. The predicted molar refractivity (Wildman–Crippen MR) is 130 cm³/mol. The Morgan fingerprint density at radius 3 is 1.94 bits per heavy atom. The average molecular weight is 412 g/mol. The molecule has 0 atom stereocenters. The van der Waals surface area contributed by atoms with Crippen LogP contribution in [-0.2, 0) is 6.54 Å². The molecule has 0 aromatic heterocycles. The van der Waals surface area contributed by atoms with Crippen LogP contribution in [0.4, 0.5) is 11.4 Å². The van der Waals surface area contributed by atoms with Crippen molar-refractivity contribution in [3.8, 4) is 0 Å². The van der Waals surface area contributed by atoms with Gasteiger partial charge in [0.05, 0.1) is 23.3 Å². The molecule has 0 amide bonds. The number of likely N-dealkylation sites (tertiary alicyclic amines) is 1. The standard InChI is InChI=1S/C26H29N5/c1-4-10-22(11-5-1)21-31-18-16-23(17-19-31)26(30-29-25-14-8-3-9-15-25)20-27-28-24-12-6-2-7-13-24/h1-15,20,23,28-29H,16-19,21H2. The summed E-state index contributed by atoms with van der Waals surface area (Å²) in [6.07, 6.45) is 4.00. The highest BCUT2D eigenvalue weighted by molar-refractivity contribution is 6.31. The van der Waals surface area contributed by atoms with Crippen LogP contribution in [0.2, 0.25) is 0 Å². The molecule has 0 bridgehead atoms. The third kappa shape index (κ3) is 6.52. The van der Waals surface area contributed by atoms with E-state index >= 15 is 0 Å². The first-order valence-electron chi connectivity index (χ1n) is 10.9. The number of hydrazone groups is 2. The van der Waals surface area contributed by atoms with Gasteiger partial charge in [-0.15, -0.1) is 0 Å². The van der Waals surface area contributed by atoms with Crippen molar-refractivity contribution in [2.45, 2.75) is 19.4 Å². The summed E-state index contributed by atoms with van der Waals surface area (Å²) in [5.41, 5.74) is 10.6. The Hall–Kier alpha value is -3.44. The van der Waals surface area contributed by atoms with Gasteiger partial charge in [-0.1, -0.05) is 66.7 Å². The highest BCUT2D eigenvalue weighted by Gasteiger charge is 2.23. The van der Waals surface area contributed by atoms with Crippen LogP contribution in [-0.4, -0.2) is 29.9 Å². The van der Waals surface area contributed by atoms with E-state index in [1.807, 2.05) is 66.9 Å². The first kappa shape index (κ1) is 20.8. The summed E-state index contributed by atoms with van der Waals surface area (Å²) in [5.74, 6) is 0.379. The quantitative estimate of drug-likeness (QED) is 0.382. The zero-order chi connectivity index (χ0) is 21.1. The minimum Gasteiger partial charge on any atom is -0.299 e. The van der Waals surface area contributed by atoms with Crippen molar-refractivity contribution < 1.29 is 0 Å². The fourth-order valence-corrected chi connectivity index (χ4v) is 3.78. The Morgan fingerprint density at radius 1 is 0.774 bits per heavy atom. The molecule has 158 valence electrons. The second-order valence-electron chi connectivity index (χ2n) is 7.79. The largest absolute Gasteiger partial charge is 0.299 e. The molecule has 1 heterocycles. The first-order valence-corrected chi connectivity index (χ1v) is 10.9. The van der Waals surface area contributed by atoms with Crippen molar-refractivity contribution in [2.75, 3.05) is 23.9 Å². The highest BCUT2D eigenvalue weighted by Crippen LogP contribution is 2.21. The maximum Gasteiger partial charge on any atom is 0.0839 e. The lowest BCUT2D eigenvalue weighted by Gasteiger charge is -2.31. The normalized spacial score (nSPS) is 15.8. The molecule has 4 rings (SSSR count). The van der Waals surface area contributed by atoms with E-state index in [4.69, 9.17) is 5.10 Å². The summed E-state index contributed by atoms with van der Waals surface area (Å²) >= 11 is 0. The van der Waals surface area contributed by atoms with E-state index in [0.717, 1.165) is 49.6 Å². The molecule has 31 heavy (non-hydrogen) atoms. The fourth-order valence-electron chi connectivity index (χ4n) is 3.78. The zero-order valence-corrected chi connectivity index (χ0v) is 17.7. The SMILES string of the molecule is C(=NNc1ccccc1)C(=NNc1ccccc1)C1CCN(Cc2ccccc2)CC1. The summed E-state index contributed by atoms with van der Waals surface area (Å²) in [6, 6.07) is 30.7. The second kappa shape index (κ2) is 11.1. The molecular formula is C26H29N5. The van der Waals surface area contributed by atoms with Gasteiger partial charge in [0.1, 0.15) is 0 Å². The van der Waals surface area contributed by atoms with Crippen LogP contribution in [0.15, 0.2) is 101 Å². The van der Waals surface area contributed by atoms with Gasteiger partial charge >= 0.3 is 0 Å². The number of benzene rings is 3. The van der Waals surface area contributed by atoms with E-state index < -0.39 is 0 Å². The van der Waals surface area contributed by atoms with Gasteiger partial charge in [0.2, 0.25) is 0 Å². The van der Waals surface area contributed by atoms with Crippen LogP contribution in [0.3, 0.4) is 0 Å². The molecule has 3 aromatic carbocycles. The van der Waals surface area contributed by atoms with Crippen molar-refractivity contribution in [1.82, 2.24) is 4.90 Å². The third-order valence-electron chi connectivity index (χ3n) is 5.51. The first-order chi connectivity index (χ1) is 15.4. The van der Waals surface area contributed by atoms with Crippen LogP contribution in [0.25, 0.3) is 0 Å². The molecule has 0 radical (unpaired) electrons. The van der Waals surface area contributed by atoms with Crippen molar-refractivity contribution in [1.29, 1.82) is 0 Å². The van der Waals surface area contributed by atoms with Gasteiger partial charge in [-0.3, -0.25) is 15.8 Å². The van der Waals surface area contributed by atoms with Crippen LogP contribution in [0, 0.1) is 5.92 Å². The lowest BCUT2D eigenvalue weighted by atomic mass is 9.92. The Kier molecular flexibility index (Phi) is 7.45. The maximum absolute atomic E-state index is 4.72. The van der Waals surface area contributed by atoms with Gasteiger partial charge in [0, 0.05) is 12.5 Å². The highest BCUT2D eigenvalue weighted by atomic mass is 15.3. The molecule has 5 nitrogen and oxygen atoms in total. The average Bonchev–Trinajstić information content (AvgIpc) is 2.84. The number of hydrogen-bond donors (Lipinski definition) is 2. The van der Waals surface area contributed by atoms with Crippen molar-refractivity contribution in [2.24, 2.45) is 16.1 Å². The number of anilines is 2. The minimum atomic E-state index is 0.379.